The van der Waals surface area contributed by atoms with E-state index in [4.69, 9.17) is 5.73 Å². The fraction of sp³-hybridized carbons (Fsp3) is 0.125. The van der Waals surface area contributed by atoms with Crippen molar-refractivity contribution >= 4 is 17.6 Å². The van der Waals surface area contributed by atoms with Gasteiger partial charge in [0.15, 0.2) is 5.82 Å². The first kappa shape index (κ1) is 17.0. The van der Waals surface area contributed by atoms with Crippen LogP contribution in [0.25, 0.3) is 5.82 Å². The van der Waals surface area contributed by atoms with Gasteiger partial charge >= 0.3 is 0 Å². The van der Waals surface area contributed by atoms with Gasteiger partial charge in [0.05, 0.1) is 11.9 Å². The van der Waals surface area contributed by atoms with E-state index in [1.165, 1.54) is 16.9 Å². The third-order valence-corrected chi connectivity index (χ3v) is 3.58. The second kappa shape index (κ2) is 7.38. The molecule has 0 fully saturated rings. The molecular weight excluding hydrogens is 338 g/mol. The van der Waals surface area contributed by atoms with Crippen molar-refractivity contribution < 1.29 is 14.4 Å². The monoisotopic (exact) mass is 353 g/mol. The average Bonchev–Trinajstić information content (AvgIpc) is 3.32. The van der Waals surface area contributed by atoms with Crippen molar-refractivity contribution in [3.05, 3.63) is 60.3 Å². The third-order valence-electron chi connectivity index (χ3n) is 3.58. The van der Waals surface area contributed by atoms with Crippen LogP contribution in [0, 0.1) is 0 Å². The van der Waals surface area contributed by atoms with Crippen molar-refractivity contribution in [1.82, 2.24) is 30.3 Å². The molecule has 0 saturated carbocycles. The van der Waals surface area contributed by atoms with Crippen LogP contribution in [0.3, 0.4) is 0 Å². The molecule has 10 heteroatoms. The highest BCUT2D eigenvalue weighted by molar-refractivity contribution is 6.38. The molecule has 3 aromatic rings. The van der Waals surface area contributed by atoms with Gasteiger partial charge < -0.3 is 11.1 Å². The zero-order valence-corrected chi connectivity index (χ0v) is 13.5. The predicted molar refractivity (Wildman–Crippen MR) is 89.1 cm³/mol. The molecule has 0 aliphatic carbocycles. The van der Waals surface area contributed by atoms with Gasteiger partial charge in [-0.15, -0.1) is 0 Å². The molecule has 3 aromatic heterocycles. The maximum atomic E-state index is 12.6. The fourth-order valence-corrected chi connectivity index (χ4v) is 2.36. The molecule has 0 aliphatic rings. The summed E-state index contributed by atoms with van der Waals surface area (Å²) in [6, 6.07) is 7.13. The third kappa shape index (κ3) is 3.64. The highest BCUT2D eigenvalue weighted by Gasteiger charge is 2.27. The van der Waals surface area contributed by atoms with Gasteiger partial charge in [0.1, 0.15) is 11.7 Å². The van der Waals surface area contributed by atoms with E-state index in [0.29, 0.717) is 11.5 Å². The number of aromatic amines is 1. The van der Waals surface area contributed by atoms with Crippen molar-refractivity contribution in [3.63, 3.8) is 0 Å². The van der Waals surface area contributed by atoms with Crippen molar-refractivity contribution in [2.24, 2.45) is 5.73 Å². The summed E-state index contributed by atoms with van der Waals surface area (Å²) in [7, 11) is 0. The number of aromatic nitrogens is 5. The van der Waals surface area contributed by atoms with Crippen LogP contribution in [-0.2, 0) is 16.0 Å². The molecular formula is C16H15N7O3. The first-order valence-corrected chi connectivity index (χ1v) is 7.65. The summed E-state index contributed by atoms with van der Waals surface area (Å²) in [6.07, 6.45) is 4.59. The van der Waals surface area contributed by atoms with E-state index in [-0.39, 0.29) is 12.1 Å². The number of hydrogen-bond donors (Lipinski definition) is 3. The number of nitrogens with two attached hydrogens (primary N) is 1. The number of primary amides is 1. The van der Waals surface area contributed by atoms with E-state index in [9.17, 15) is 14.4 Å². The lowest BCUT2D eigenvalue weighted by atomic mass is 10.1. The second-order valence-electron chi connectivity index (χ2n) is 5.34. The molecule has 3 rings (SSSR count). The number of carbonyl (C=O) groups is 3. The Balaban J connectivity index is 1.83. The Bertz CT molecular complexity index is 918. The summed E-state index contributed by atoms with van der Waals surface area (Å²) < 4.78 is 1.33. The number of H-pyrrole nitrogens is 1. The Hall–Kier alpha value is -3.82. The standard InChI is InChI=1S/C16H15N7O3/c17-15(25)14(24)11(9-10-4-7-19-22-10)21-16(26)12-5-8-20-23(12)13-3-1-2-6-18-13/h1-8,11H,9H2,(H2,17,25)(H,19,22)(H,21,26). The number of pyridine rings is 1. The Morgan fingerprint density at radius 3 is 2.69 bits per heavy atom. The smallest absolute Gasteiger partial charge is 0.287 e. The maximum Gasteiger partial charge on any atom is 0.287 e. The van der Waals surface area contributed by atoms with Crippen LogP contribution in [-0.4, -0.2) is 48.6 Å². The lowest BCUT2D eigenvalue weighted by molar-refractivity contribution is -0.137. The van der Waals surface area contributed by atoms with Crippen molar-refractivity contribution in [2.75, 3.05) is 0 Å². The zero-order chi connectivity index (χ0) is 18.5. The molecule has 0 aliphatic heterocycles. The van der Waals surface area contributed by atoms with Gasteiger partial charge in [-0.05, 0) is 24.3 Å². The number of nitrogens with zero attached hydrogens (tertiary/aromatic N) is 4. The van der Waals surface area contributed by atoms with E-state index in [1.54, 1.807) is 36.7 Å². The van der Waals surface area contributed by atoms with Gasteiger partial charge in [0.2, 0.25) is 5.78 Å². The molecule has 3 heterocycles. The SMILES string of the molecule is NC(=O)C(=O)C(Cc1cc[nH]n1)NC(=O)c1ccnn1-c1ccccn1. The number of nitrogens with one attached hydrogen (secondary N) is 2. The van der Waals surface area contributed by atoms with Gasteiger partial charge in [-0.1, -0.05) is 6.07 Å². The normalized spacial score (nSPS) is 11.7. The minimum absolute atomic E-state index is 0.0226. The van der Waals surface area contributed by atoms with Crippen LogP contribution < -0.4 is 11.1 Å². The summed E-state index contributed by atoms with van der Waals surface area (Å²) >= 11 is 0. The number of amides is 2. The molecule has 0 radical (unpaired) electrons. The predicted octanol–water partition coefficient (Wildman–Crippen LogP) is -0.614. The Labute approximate surface area is 147 Å². The van der Waals surface area contributed by atoms with Gasteiger partial charge in [0.25, 0.3) is 11.8 Å². The summed E-state index contributed by atoms with van der Waals surface area (Å²) in [5, 5.41) is 13.1. The lowest BCUT2D eigenvalue weighted by Gasteiger charge is -2.15. The number of rotatable bonds is 7. The van der Waals surface area contributed by atoms with E-state index >= 15 is 0 Å². The minimum atomic E-state index is -1.14. The minimum Gasteiger partial charge on any atom is -0.363 e. The number of carbonyl (C=O) groups excluding carboxylic acids is 3. The Kier molecular flexibility index (Phi) is 4.83. The molecule has 0 aromatic carbocycles. The highest BCUT2D eigenvalue weighted by atomic mass is 16.2. The van der Waals surface area contributed by atoms with E-state index in [2.05, 4.69) is 25.6 Å². The van der Waals surface area contributed by atoms with Crippen molar-refractivity contribution in [3.8, 4) is 5.82 Å². The van der Waals surface area contributed by atoms with E-state index < -0.39 is 23.6 Å². The highest BCUT2D eigenvalue weighted by Crippen LogP contribution is 2.08. The van der Waals surface area contributed by atoms with Gasteiger partial charge in [-0.3, -0.25) is 19.5 Å². The second-order valence-corrected chi connectivity index (χ2v) is 5.34. The molecule has 0 saturated heterocycles. The molecule has 1 unspecified atom stereocenters. The molecule has 2 amide bonds. The van der Waals surface area contributed by atoms with Crippen molar-refractivity contribution in [2.45, 2.75) is 12.5 Å². The molecule has 0 bridgehead atoms. The summed E-state index contributed by atoms with van der Waals surface area (Å²) in [6.45, 7) is 0. The molecule has 0 spiro atoms. The molecule has 1 atom stereocenters. The maximum absolute atomic E-state index is 12.6. The van der Waals surface area contributed by atoms with Crippen molar-refractivity contribution in [1.29, 1.82) is 0 Å². The first-order chi connectivity index (χ1) is 12.6. The van der Waals surface area contributed by atoms with Crippen LogP contribution >= 0.6 is 0 Å². The number of hydrogen-bond acceptors (Lipinski definition) is 6. The largest absolute Gasteiger partial charge is 0.363 e. The van der Waals surface area contributed by atoms with Gasteiger partial charge in [-0.25, -0.2) is 9.67 Å². The summed E-state index contributed by atoms with van der Waals surface area (Å²) in [5.41, 5.74) is 5.75. The van der Waals surface area contributed by atoms with Crippen LogP contribution in [0.5, 0.6) is 0 Å². The van der Waals surface area contributed by atoms with Gasteiger partial charge in [-0.2, -0.15) is 10.2 Å². The quantitative estimate of drug-likeness (QED) is 0.482. The summed E-state index contributed by atoms with van der Waals surface area (Å²) in [4.78, 5) is 40.1. The van der Waals surface area contributed by atoms with E-state index in [0.717, 1.165) is 0 Å². The number of ketones is 1. The molecule has 10 nitrogen and oxygen atoms in total. The lowest BCUT2D eigenvalue weighted by Crippen LogP contribution is -2.47. The van der Waals surface area contributed by atoms with Gasteiger partial charge in [0, 0.05) is 18.8 Å². The zero-order valence-electron chi connectivity index (χ0n) is 13.5. The topological polar surface area (TPSA) is 149 Å². The average molecular weight is 353 g/mol. The number of Topliss-reactive ketones (excluding diaryl/α,β-unsaturated/α-hetero) is 1. The summed E-state index contributed by atoms with van der Waals surface area (Å²) in [5.74, 6) is -2.20. The first-order valence-electron chi connectivity index (χ1n) is 7.65. The van der Waals surface area contributed by atoms with Crippen LogP contribution in [0.15, 0.2) is 48.9 Å². The Morgan fingerprint density at radius 2 is 2.04 bits per heavy atom. The van der Waals surface area contributed by atoms with Crippen LogP contribution in [0.4, 0.5) is 0 Å². The van der Waals surface area contributed by atoms with E-state index in [1.807, 2.05) is 0 Å². The molecule has 132 valence electrons. The molecule has 4 N–H and O–H groups in total. The molecule has 26 heavy (non-hydrogen) atoms. The Morgan fingerprint density at radius 1 is 1.19 bits per heavy atom. The van der Waals surface area contributed by atoms with Crippen LogP contribution in [0.2, 0.25) is 0 Å². The fourth-order valence-electron chi connectivity index (χ4n) is 2.36. The van der Waals surface area contributed by atoms with Crippen LogP contribution in [0.1, 0.15) is 16.2 Å².